The first-order chi connectivity index (χ1) is 11.8. The second-order valence-electron chi connectivity index (χ2n) is 5.99. The van der Waals surface area contributed by atoms with Gasteiger partial charge in [-0.05, 0) is 48.4 Å². The molecule has 0 aliphatic carbocycles. The summed E-state index contributed by atoms with van der Waals surface area (Å²) in [5.41, 5.74) is 4.89. The zero-order valence-corrected chi connectivity index (χ0v) is 15.4. The Kier molecular flexibility index (Phi) is 4.51. The molecule has 1 N–H and O–H groups in total. The summed E-state index contributed by atoms with van der Waals surface area (Å²) in [6.45, 7) is 5.48. The maximum atomic E-state index is 9.69. The number of aliphatic hydroxyl groups excluding tert-OH is 1. The highest BCUT2D eigenvalue weighted by molar-refractivity contribution is 6.37. The molecule has 0 radical (unpaired) electrons. The smallest absolute Gasteiger partial charge is 0.117 e. The van der Waals surface area contributed by atoms with E-state index in [9.17, 15) is 10.4 Å². The van der Waals surface area contributed by atoms with Crippen molar-refractivity contribution in [2.24, 2.45) is 7.05 Å². The molecular weight excluding hydrogens is 355 g/mol. The third kappa shape index (κ3) is 2.89. The maximum absolute atomic E-state index is 9.69. The van der Waals surface area contributed by atoms with E-state index in [2.05, 4.69) is 23.3 Å². The second kappa shape index (κ2) is 6.48. The van der Waals surface area contributed by atoms with Gasteiger partial charge >= 0.3 is 0 Å². The Labute approximate surface area is 156 Å². The molecule has 0 amide bonds. The average Bonchev–Trinajstić information content (AvgIpc) is 2.88. The van der Waals surface area contributed by atoms with Crippen molar-refractivity contribution in [3.05, 3.63) is 74.9 Å². The van der Waals surface area contributed by atoms with Crippen LogP contribution in [0.2, 0.25) is 10.0 Å². The topological polar surface area (TPSA) is 48.9 Å². The fourth-order valence-corrected chi connectivity index (χ4v) is 3.67. The summed E-state index contributed by atoms with van der Waals surface area (Å²) in [4.78, 5) is 0. The number of hydrogen-bond donors (Lipinski definition) is 1. The Bertz CT molecular complexity index is 1060. The Morgan fingerprint density at radius 3 is 2.64 bits per heavy atom. The number of halogens is 2. The predicted molar refractivity (Wildman–Crippen MR) is 103 cm³/mol. The first-order valence-electron chi connectivity index (χ1n) is 7.68. The number of nitrogens with zero attached hydrogens (tertiary/aromatic N) is 2. The molecule has 0 unspecified atom stereocenters. The Morgan fingerprint density at radius 1 is 1.28 bits per heavy atom. The van der Waals surface area contributed by atoms with Gasteiger partial charge in [0.25, 0.3) is 0 Å². The van der Waals surface area contributed by atoms with E-state index in [1.165, 1.54) is 0 Å². The minimum atomic E-state index is -0.0885. The molecule has 0 fully saturated rings. The van der Waals surface area contributed by atoms with Crippen LogP contribution in [0.1, 0.15) is 27.9 Å². The highest BCUT2D eigenvalue weighted by Crippen LogP contribution is 2.34. The van der Waals surface area contributed by atoms with Crippen LogP contribution >= 0.6 is 23.2 Å². The Balaban J connectivity index is 2.15. The van der Waals surface area contributed by atoms with Crippen molar-refractivity contribution >= 4 is 39.9 Å². The van der Waals surface area contributed by atoms with Gasteiger partial charge in [0, 0.05) is 40.7 Å². The van der Waals surface area contributed by atoms with Crippen LogP contribution in [0.5, 0.6) is 0 Å². The van der Waals surface area contributed by atoms with Gasteiger partial charge in [-0.3, -0.25) is 0 Å². The van der Waals surface area contributed by atoms with Crippen molar-refractivity contribution in [3.8, 4) is 6.07 Å². The average molecular weight is 371 g/mol. The minimum Gasteiger partial charge on any atom is -0.508 e. The molecule has 2 aromatic carbocycles. The van der Waals surface area contributed by atoms with E-state index in [0.717, 1.165) is 27.7 Å². The van der Waals surface area contributed by atoms with E-state index in [1.807, 2.05) is 26.1 Å². The number of aromatic nitrogens is 1. The fraction of sp³-hybridized carbons (Fsp3) is 0.150. The molecule has 3 aromatic rings. The van der Waals surface area contributed by atoms with Crippen molar-refractivity contribution in [3.63, 3.8) is 0 Å². The van der Waals surface area contributed by atoms with Crippen molar-refractivity contribution in [1.29, 1.82) is 5.26 Å². The van der Waals surface area contributed by atoms with E-state index in [0.29, 0.717) is 27.6 Å². The van der Waals surface area contributed by atoms with Crippen LogP contribution in [0.3, 0.4) is 0 Å². The lowest BCUT2D eigenvalue weighted by Crippen LogP contribution is -2.00. The molecule has 5 heteroatoms. The number of aryl methyl sites for hydroxylation is 2. The third-order valence-corrected chi connectivity index (χ3v) is 5.36. The summed E-state index contributed by atoms with van der Waals surface area (Å²) in [5, 5.41) is 20.9. The summed E-state index contributed by atoms with van der Waals surface area (Å²) >= 11 is 12.8. The highest BCUT2D eigenvalue weighted by atomic mass is 35.5. The van der Waals surface area contributed by atoms with Crippen molar-refractivity contribution in [2.45, 2.75) is 13.3 Å². The van der Waals surface area contributed by atoms with Gasteiger partial charge < -0.3 is 9.67 Å². The molecule has 0 bridgehead atoms. The highest BCUT2D eigenvalue weighted by Gasteiger charge is 2.16. The van der Waals surface area contributed by atoms with Crippen LogP contribution in [-0.2, 0) is 13.5 Å². The van der Waals surface area contributed by atoms with Gasteiger partial charge in [0.15, 0.2) is 0 Å². The van der Waals surface area contributed by atoms with Gasteiger partial charge in [-0.1, -0.05) is 29.8 Å². The number of benzene rings is 2. The van der Waals surface area contributed by atoms with Crippen LogP contribution in [0.15, 0.2) is 36.9 Å². The number of aliphatic hydroxyl groups is 1. The number of fused-ring (bicyclic) bond motifs is 1. The molecule has 1 aromatic heterocycles. The molecular formula is C20H16Cl2N2O. The van der Waals surface area contributed by atoms with Crippen LogP contribution in [0.25, 0.3) is 16.7 Å². The largest absolute Gasteiger partial charge is 0.508 e. The van der Waals surface area contributed by atoms with Gasteiger partial charge in [-0.2, -0.15) is 5.26 Å². The van der Waals surface area contributed by atoms with Gasteiger partial charge in [-0.25, -0.2) is 0 Å². The molecule has 0 atom stereocenters. The predicted octanol–water partition coefficient (Wildman–Crippen LogP) is 5.78. The first-order valence-corrected chi connectivity index (χ1v) is 8.43. The van der Waals surface area contributed by atoms with E-state index in [1.54, 1.807) is 12.1 Å². The van der Waals surface area contributed by atoms with Crippen LogP contribution in [0.4, 0.5) is 0 Å². The van der Waals surface area contributed by atoms with Crippen molar-refractivity contribution in [2.75, 3.05) is 0 Å². The molecule has 126 valence electrons. The number of hydrogen-bond acceptors (Lipinski definition) is 2. The lowest BCUT2D eigenvalue weighted by atomic mass is 10.0. The lowest BCUT2D eigenvalue weighted by molar-refractivity contribution is 0.514. The van der Waals surface area contributed by atoms with Gasteiger partial charge in [0.05, 0.1) is 16.7 Å². The quantitative estimate of drug-likeness (QED) is 0.593. The van der Waals surface area contributed by atoms with Crippen LogP contribution in [-0.4, -0.2) is 9.67 Å². The van der Waals surface area contributed by atoms with Gasteiger partial charge in [-0.15, -0.1) is 0 Å². The zero-order chi connectivity index (χ0) is 18.3. The maximum Gasteiger partial charge on any atom is 0.117 e. The lowest BCUT2D eigenvalue weighted by Gasteiger charge is -2.12. The molecule has 0 aliphatic rings. The summed E-state index contributed by atoms with van der Waals surface area (Å²) in [7, 11) is 1.97. The number of nitriles is 1. The van der Waals surface area contributed by atoms with E-state index in [-0.39, 0.29) is 5.76 Å². The molecule has 1 heterocycles. The van der Waals surface area contributed by atoms with Crippen LogP contribution < -0.4 is 0 Å². The molecule has 3 rings (SSSR count). The number of rotatable bonds is 3. The summed E-state index contributed by atoms with van der Waals surface area (Å²) in [6, 6.07) is 11.4. The molecule has 0 aliphatic heterocycles. The van der Waals surface area contributed by atoms with Crippen molar-refractivity contribution < 1.29 is 5.11 Å². The normalized spacial score (nSPS) is 10.8. The Morgan fingerprint density at radius 2 is 2.00 bits per heavy atom. The SMILES string of the molecule is C=C(O)c1ccc(Cl)c(Cc2cc3c(C)c(C#N)ccc3n2C)c1Cl. The van der Waals surface area contributed by atoms with Gasteiger partial charge in [0.2, 0.25) is 0 Å². The second-order valence-corrected chi connectivity index (χ2v) is 6.77. The Hall–Kier alpha value is -2.41. The summed E-state index contributed by atoms with van der Waals surface area (Å²) < 4.78 is 2.07. The molecule has 0 saturated carbocycles. The molecule has 25 heavy (non-hydrogen) atoms. The minimum absolute atomic E-state index is 0.0885. The molecule has 3 nitrogen and oxygen atoms in total. The summed E-state index contributed by atoms with van der Waals surface area (Å²) in [5.74, 6) is -0.0885. The zero-order valence-electron chi connectivity index (χ0n) is 13.9. The standard InChI is InChI=1S/C20H16Cl2N2O/c1-11-13(10-23)4-7-19-16(11)8-14(24(19)3)9-17-18(21)6-5-15(12(2)25)20(17)22/h4-8,25H,2,9H2,1,3H3. The third-order valence-electron chi connectivity index (χ3n) is 4.57. The first kappa shape index (κ1) is 17.4. The van der Waals surface area contributed by atoms with E-state index < -0.39 is 0 Å². The van der Waals surface area contributed by atoms with Crippen molar-refractivity contribution in [1.82, 2.24) is 4.57 Å². The fourth-order valence-electron chi connectivity index (χ4n) is 3.06. The van der Waals surface area contributed by atoms with E-state index >= 15 is 0 Å². The molecule has 0 saturated heterocycles. The van der Waals surface area contributed by atoms with Gasteiger partial charge in [0.1, 0.15) is 5.76 Å². The monoisotopic (exact) mass is 370 g/mol. The molecule has 0 spiro atoms. The van der Waals surface area contributed by atoms with E-state index in [4.69, 9.17) is 23.2 Å². The summed E-state index contributed by atoms with van der Waals surface area (Å²) in [6.07, 6.45) is 0.505. The van der Waals surface area contributed by atoms with Crippen LogP contribution in [0, 0.1) is 18.3 Å².